The summed E-state index contributed by atoms with van der Waals surface area (Å²) in [5.41, 5.74) is 3.31. The molecule has 8 nitrogen and oxygen atoms in total. The number of Topliss-reactive ketones (excluding diaryl/α,β-unsaturated/α-hetero) is 1. The smallest absolute Gasteiger partial charge is 0.355 e. The van der Waals surface area contributed by atoms with E-state index in [9.17, 15) is 14.4 Å². The fraction of sp³-hybridized carbons (Fsp3) is 0.500. The summed E-state index contributed by atoms with van der Waals surface area (Å²) in [6.07, 6.45) is 1.97. The summed E-state index contributed by atoms with van der Waals surface area (Å²) in [6, 6.07) is 7.79. The van der Waals surface area contributed by atoms with E-state index in [0.29, 0.717) is 55.0 Å². The maximum atomic E-state index is 13.1. The van der Waals surface area contributed by atoms with E-state index in [1.54, 1.807) is 27.9 Å². The number of carbonyl (C=O) groups is 3. The number of aryl methyl sites for hydroxylation is 2. The third-order valence-corrected chi connectivity index (χ3v) is 6.29. The lowest BCUT2D eigenvalue weighted by molar-refractivity contribution is -0.131. The number of benzene rings is 1. The Balaban J connectivity index is 1.53. The SMILES string of the molecule is CCOC(=O)c1[nH]c(C)c(C(=O)CN2CCCN(C(=O)CCc3ccc(OC)cc3)CC2)c1C. The van der Waals surface area contributed by atoms with Gasteiger partial charge < -0.3 is 19.4 Å². The molecule has 1 aliphatic rings. The third-order valence-electron chi connectivity index (χ3n) is 6.29. The van der Waals surface area contributed by atoms with Gasteiger partial charge in [0.25, 0.3) is 0 Å². The molecule has 2 heterocycles. The van der Waals surface area contributed by atoms with Crippen molar-refractivity contribution in [3.8, 4) is 5.75 Å². The normalized spacial score (nSPS) is 14.5. The number of methoxy groups -OCH3 is 1. The highest BCUT2D eigenvalue weighted by atomic mass is 16.5. The van der Waals surface area contributed by atoms with E-state index in [4.69, 9.17) is 9.47 Å². The maximum absolute atomic E-state index is 13.1. The van der Waals surface area contributed by atoms with Crippen molar-refractivity contribution in [2.75, 3.05) is 46.4 Å². The molecule has 184 valence electrons. The van der Waals surface area contributed by atoms with E-state index < -0.39 is 5.97 Å². The summed E-state index contributed by atoms with van der Waals surface area (Å²) in [7, 11) is 1.63. The topological polar surface area (TPSA) is 91.9 Å². The van der Waals surface area contributed by atoms with E-state index in [1.165, 1.54) is 0 Å². The van der Waals surface area contributed by atoms with Crippen LogP contribution in [0.25, 0.3) is 0 Å². The minimum Gasteiger partial charge on any atom is -0.497 e. The zero-order valence-electron chi connectivity index (χ0n) is 20.6. The van der Waals surface area contributed by atoms with Crippen LogP contribution in [-0.2, 0) is 16.0 Å². The lowest BCUT2D eigenvalue weighted by Gasteiger charge is -2.22. The standard InChI is InChI=1S/C26H35N3O5/c1-5-34-26(32)25-18(2)24(19(3)27-25)22(30)17-28-13-6-14-29(16-15-28)23(31)12-9-20-7-10-21(33-4)11-8-20/h7-8,10-11,27H,5-6,9,12-17H2,1-4H3. The monoisotopic (exact) mass is 469 g/mol. The van der Waals surface area contributed by atoms with Crippen molar-refractivity contribution in [3.63, 3.8) is 0 Å². The molecule has 2 aromatic rings. The first-order valence-electron chi connectivity index (χ1n) is 11.9. The predicted molar refractivity (Wildman–Crippen MR) is 130 cm³/mol. The molecule has 1 aromatic carbocycles. The lowest BCUT2D eigenvalue weighted by Crippen LogP contribution is -2.37. The molecular formula is C26H35N3O5. The number of carbonyl (C=O) groups excluding carboxylic acids is 3. The summed E-state index contributed by atoms with van der Waals surface area (Å²) in [4.78, 5) is 45.0. The molecule has 8 heteroatoms. The Morgan fingerprint density at radius 1 is 1.03 bits per heavy atom. The van der Waals surface area contributed by atoms with Crippen LogP contribution in [0.5, 0.6) is 5.75 Å². The van der Waals surface area contributed by atoms with Crippen molar-refractivity contribution in [1.82, 2.24) is 14.8 Å². The highest BCUT2D eigenvalue weighted by Crippen LogP contribution is 2.20. The van der Waals surface area contributed by atoms with Crippen LogP contribution in [0.2, 0.25) is 0 Å². The van der Waals surface area contributed by atoms with Gasteiger partial charge in [-0.1, -0.05) is 12.1 Å². The number of hydrogen-bond acceptors (Lipinski definition) is 6. The molecule has 3 rings (SSSR count). The molecule has 0 radical (unpaired) electrons. The number of aromatic amines is 1. The van der Waals surface area contributed by atoms with E-state index in [0.717, 1.165) is 24.3 Å². The predicted octanol–water partition coefficient (Wildman–Crippen LogP) is 3.17. The second-order valence-corrected chi connectivity index (χ2v) is 8.63. The molecule has 1 N–H and O–H groups in total. The summed E-state index contributed by atoms with van der Waals surface area (Å²) in [6.45, 7) is 8.56. The lowest BCUT2D eigenvalue weighted by atomic mass is 10.1. The summed E-state index contributed by atoms with van der Waals surface area (Å²) < 4.78 is 10.3. The fourth-order valence-corrected chi connectivity index (χ4v) is 4.44. The molecule has 0 spiro atoms. The minimum atomic E-state index is -0.444. The number of rotatable bonds is 9. The van der Waals surface area contributed by atoms with Gasteiger partial charge in [-0.25, -0.2) is 4.79 Å². The zero-order chi connectivity index (χ0) is 24.7. The van der Waals surface area contributed by atoms with E-state index in [1.807, 2.05) is 29.2 Å². The number of amides is 1. The summed E-state index contributed by atoms with van der Waals surface area (Å²) >= 11 is 0. The van der Waals surface area contributed by atoms with Gasteiger partial charge in [0.15, 0.2) is 5.78 Å². The van der Waals surface area contributed by atoms with Crippen LogP contribution in [0, 0.1) is 13.8 Å². The fourth-order valence-electron chi connectivity index (χ4n) is 4.44. The second kappa shape index (κ2) is 11.8. The molecule has 0 atom stereocenters. The average molecular weight is 470 g/mol. The highest BCUT2D eigenvalue weighted by molar-refractivity contribution is 6.03. The Labute approximate surface area is 201 Å². The van der Waals surface area contributed by atoms with Gasteiger partial charge in [0.2, 0.25) is 5.91 Å². The van der Waals surface area contributed by atoms with Crippen LogP contribution in [-0.4, -0.2) is 78.9 Å². The Hall–Kier alpha value is -3.13. The van der Waals surface area contributed by atoms with Crippen LogP contribution in [0.4, 0.5) is 0 Å². The first-order chi connectivity index (χ1) is 16.3. The quantitative estimate of drug-likeness (QED) is 0.448. The maximum Gasteiger partial charge on any atom is 0.355 e. The number of ether oxygens (including phenoxy) is 2. The van der Waals surface area contributed by atoms with Crippen molar-refractivity contribution < 1.29 is 23.9 Å². The average Bonchev–Trinajstić information content (AvgIpc) is 2.97. The van der Waals surface area contributed by atoms with Crippen molar-refractivity contribution in [1.29, 1.82) is 0 Å². The number of aromatic nitrogens is 1. The number of hydrogen-bond donors (Lipinski definition) is 1. The molecule has 34 heavy (non-hydrogen) atoms. The number of H-pyrrole nitrogens is 1. The molecule has 0 aliphatic carbocycles. The van der Waals surface area contributed by atoms with Crippen LogP contribution < -0.4 is 4.74 Å². The van der Waals surface area contributed by atoms with Crippen LogP contribution in [0.3, 0.4) is 0 Å². The van der Waals surface area contributed by atoms with Crippen molar-refractivity contribution in [2.45, 2.75) is 40.0 Å². The molecule has 0 bridgehead atoms. The van der Waals surface area contributed by atoms with Crippen molar-refractivity contribution >= 4 is 17.7 Å². The molecule has 0 unspecified atom stereocenters. The molecule has 1 fully saturated rings. The molecular weight excluding hydrogens is 434 g/mol. The Kier molecular flexibility index (Phi) is 8.87. The minimum absolute atomic E-state index is 0.0268. The van der Waals surface area contributed by atoms with Gasteiger partial charge in [0.1, 0.15) is 11.4 Å². The van der Waals surface area contributed by atoms with Crippen LogP contribution in [0.1, 0.15) is 57.4 Å². The molecule has 1 saturated heterocycles. The first-order valence-corrected chi connectivity index (χ1v) is 11.9. The third kappa shape index (κ3) is 6.26. The Morgan fingerprint density at radius 2 is 1.76 bits per heavy atom. The first kappa shape index (κ1) is 25.5. The zero-order valence-corrected chi connectivity index (χ0v) is 20.6. The number of nitrogens with one attached hydrogen (secondary N) is 1. The van der Waals surface area contributed by atoms with Crippen LogP contribution in [0.15, 0.2) is 24.3 Å². The largest absolute Gasteiger partial charge is 0.497 e. The van der Waals surface area contributed by atoms with Crippen molar-refractivity contribution in [2.24, 2.45) is 0 Å². The van der Waals surface area contributed by atoms with Gasteiger partial charge >= 0.3 is 5.97 Å². The van der Waals surface area contributed by atoms with E-state index in [2.05, 4.69) is 9.88 Å². The number of nitrogens with zero attached hydrogens (tertiary/aromatic N) is 2. The number of esters is 1. The highest BCUT2D eigenvalue weighted by Gasteiger charge is 2.25. The Bertz CT molecular complexity index is 1010. The van der Waals surface area contributed by atoms with Gasteiger partial charge in [-0.3, -0.25) is 14.5 Å². The summed E-state index contributed by atoms with van der Waals surface area (Å²) in [5.74, 6) is 0.474. The van der Waals surface area contributed by atoms with E-state index >= 15 is 0 Å². The van der Waals surface area contributed by atoms with Gasteiger partial charge in [0.05, 0.1) is 20.3 Å². The molecule has 1 aliphatic heterocycles. The van der Waals surface area contributed by atoms with Crippen LogP contribution >= 0.6 is 0 Å². The van der Waals surface area contributed by atoms with Gasteiger partial charge in [-0.05, 0) is 56.9 Å². The Morgan fingerprint density at radius 3 is 2.44 bits per heavy atom. The molecule has 1 aromatic heterocycles. The second-order valence-electron chi connectivity index (χ2n) is 8.63. The number of ketones is 1. The summed E-state index contributed by atoms with van der Waals surface area (Å²) in [5, 5.41) is 0. The van der Waals surface area contributed by atoms with Gasteiger partial charge in [-0.2, -0.15) is 0 Å². The van der Waals surface area contributed by atoms with Gasteiger partial charge in [0, 0.05) is 43.9 Å². The van der Waals surface area contributed by atoms with Gasteiger partial charge in [-0.15, -0.1) is 0 Å². The molecule has 1 amide bonds. The molecule has 0 saturated carbocycles. The van der Waals surface area contributed by atoms with E-state index in [-0.39, 0.29) is 24.8 Å². The van der Waals surface area contributed by atoms with Crippen molar-refractivity contribution in [3.05, 3.63) is 52.3 Å².